The Balaban J connectivity index is 2.00. The van der Waals surface area contributed by atoms with Gasteiger partial charge in [0.15, 0.2) is 18.3 Å². The zero-order valence-electron chi connectivity index (χ0n) is 8.14. The van der Waals surface area contributed by atoms with Crippen molar-refractivity contribution in [1.29, 1.82) is 0 Å². The number of rotatable bonds is 6. The highest BCUT2D eigenvalue weighted by molar-refractivity contribution is 5.92. The fourth-order valence-corrected chi connectivity index (χ4v) is 1.24. The highest BCUT2D eigenvalue weighted by Gasteiger charge is 2.11. The minimum absolute atomic E-state index is 0.0519. The lowest BCUT2D eigenvalue weighted by molar-refractivity contribution is -0.115. The fraction of sp³-hybridized carbons (Fsp3) is 0.700. The zero-order chi connectivity index (χ0) is 9.52. The van der Waals surface area contributed by atoms with E-state index in [2.05, 4.69) is 12.2 Å². The maximum absolute atomic E-state index is 10.7. The number of nitrogens with one attached hydrogen (secondary N) is 1. The van der Waals surface area contributed by atoms with Crippen LogP contribution in [0.1, 0.15) is 32.6 Å². The third-order valence-electron chi connectivity index (χ3n) is 1.99. The first kappa shape index (κ1) is 10.1. The molecule has 1 aliphatic heterocycles. The number of ketones is 1. The van der Waals surface area contributed by atoms with Crippen LogP contribution in [0.2, 0.25) is 0 Å². The maximum Gasteiger partial charge on any atom is 0.198 e. The molecule has 0 spiro atoms. The van der Waals surface area contributed by atoms with E-state index in [4.69, 9.17) is 4.74 Å². The minimum Gasteiger partial charge on any atom is -0.471 e. The molecule has 0 radical (unpaired) electrons. The van der Waals surface area contributed by atoms with E-state index >= 15 is 0 Å². The molecule has 0 unspecified atom stereocenters. The number of unbranched alkanes of at least 4 members (excludes halogenated alkanes) is 3. The van der Waals surface area contributed by atoms with Gasteiger partial charge in [0.05, 0.1) is 0 Å². The molecule has 0 atom stereocenters. The van der Waals surface area contributed by atoms with Crippen LogP contribution in [0.4, 0.5) is 0 Å². The van der Waals surface area contributed by atoms with Gasteiger partial charge >= 0.3 is 0 Å². The highest BCUT2D eigenvalue weighted by Crippen LogP contribution is 2.03. The van der Waals surface area contributed by atoms with Crippen molar-refractivity contribution in [3.8, 4) is 0 Å². The molecule has 0 aromatic carbocycles. The number of carbonyl (C=O) groups excluding carboxylic acids is 1. The number of carbonyl (C=O) groups is 1. The van der Waals surface area contributed by atoms with Crippen molar-refractivity contribution in [2.24, 2.45) is 0 Å². The molecule has 1 heterocycles. The van der Waals surface area contributed by atoms with Crippen LogP contribution < -0.4 is 5.32 Å². The smallest absolute Gasteiger partial charge is 0.198 e. The molecule has 0 aromatic heterocycles. The molecule has 0 amide bonds. The van der Waals surface area contributed by atoms with Crippen molar-refractivity contribution >= 4 is 5.78 Å². The summed E-state index contributed by atoms with van der Waals surface area (Å²) in [6.07, 6.45) is 6.44. The third kappa shape index (κ3) is 3.97. The van der Waals surface area contributed by atoms with E-state index < -0.39 is 0 Å². The minimum atomic E-state index is 0.0519. The molecular formula is C10H17NO2. The quantitative estimate of drug-likeness (QED) is 0.636. The molecule has 0 fully saturated rings. The van der Waals surface area contributed by atoms with E-state index in [0.29, 0.717) is 5.88 Å². The maximum atomic E-state index is 10.7. The molecule has 3 heteroatoms. The predicted octanol–water partition coefficient (Wildman–Crippen LogP) is 1.60. The Hall–Kier alpha value is -0.990. The van der Waals surface area contributed by atoms with E-state index in [1.54, 1.807) is 0 Å². The van der Waals surface area contributed by atoms with Crippen molar-refractivity contribution in [3.05, 3.63) is 12.0 Å². The average molecular weight is 183 g/mol. The predicted molar refractivity (Wildman–Crippen MR) is 51.2 cm³/mol. The Labute approximate surface area is 79.2 Å². The molecule has 13 heavy (non-hydrogen) atoms. The lowest BCUT2D eigenvalue weighted by Gasteiger charge is -2.05. The zero-order valence-corrected chi connectivity index (χ0v) is 8.14. The number of ether oxygens (including phenoxy) is 1. The molecule has 1 aliphatic rings. The molecule has 0 saturated carbocycles. The van der Waals surface area contributed by atoms with Crippen LogP contribution in [-0.2, 0) is 9.53 Å². The standard InChI is InChI=1S/C10H17NO2/c1-2-3-4-5-6-11-10-7-9(12)8-13-10/h7,11H,2-6,8H2,1H3. The summed E-state index contributed by atoms with van der Waals surface area (Å²) in [4.78, 5) is 10.7. The molecule has 3 nitrogen and oxygen atoms in total. The van der Waals surface area contributed by atoms with Gasteiger partial charge in [-0.05, 0) is 6.42 Å². The normalized spacial score (nSPS) is 15.5. The first-order valence-corrected chi connectivity index (χ1v) is 4.94. The summed E-state index contributed by atoms with van der Waals surface area (Å²) in [6, 6.07) is 0. The van der Waals surface area contributed by atoms with Crippen LogP contribution in [-0.4, -0.2) is 18.9 Å². The summed E-state index contributed by atoms with van der Waals surface area (Å²) in [6.45, 7) is 3.30. The first-order chi connectivity index (χ1) is 6.33. The molecule has 1 rings (SSSR count). The van der Waals surface area contributed by atoms with E-state index in [-0.39, 0.29) is 12.4 Å². The molecule has 0 aliphatic carbocycles. The van der Waals surface area contributed by atoms with Crippen molar-refractivity contribution in [3.63, 3.8) is 0 Å². The number of hydrogen-bond donors (Lipinski definition) is 1. The lowest BCUT2D eigenvalue weighted by atomic mass is 10.2. The molecule has 0 bridgehead atoms. The third-order valence-corrected chi connectivity index (χ3v) is 1.99. The second kappa shape index (κ2) is 5.62. The molecule has 74 valence electrons. The summed E-state index contributed by atoms with van der Waals surface area (Å²) in [5, 5.41) is 3.09. The van der Waals surface area contributed by atoms with Gasteiger partial charge in [-0.3, -0.25) is 4.79 Å². The van der Waals surface area contributed by atoms with Crippen molar-refractivity contribution in [2.45, 2.75) is 32.6 Å². The number of hydrogen-bond acceptors (Lipinski definition) is 3. The topological polar surface area (TPSA) is 38.3 Å². The van der Waals surface area contributed by atoms with E-state index in [0.717, 1.165) is 13.0 Å². The van der Waals surface area contributed by atoms with Crippen LogP contribution >= 0.6 is 0 Å². The summed E-state index contributed by atoms with van der Waals surface area (Å²) in [5.74, 6) is 0.692. The monoisotopic (exact) mass is 183 g/mol. The van der Waals surface area contributed by atoms with E-state index in [1.807, 2.05) is 0 Å². The Morgan fingerprint density at radius 1 is 1.46 bits per heavy atom. The summed E-state index contributed by atoms with van der Waals surface area (Å²) in [7, 11) is 0. The Morgan fingerprint density at radius 2 is 2.31 bits per heavy atom. The van der Waals surface area contributed by atoms with E-state index in [9.17, 15) is 4.79 Å². The van der Waals surface area contributed by atoms with Gasteiger partial charge in [-0.2, -0.15) is 0 Å². The molecule has 0 saturated heterocycles. The summed E-state index contributed by atoms with van der Waals surface area (Å²) in [5.41, 5.74) is 0. The first-order valence-electron chi connectivity index (χ1n) is 4.94. The van der Waals surface area contributed by atoms with Gasteiger partial charge in [0.1, 0.15) is 0 Å². The van der Waals surface area contributed by atoms with Gasteiger partial charge in [-0.15, -0.1) is 0 Å². The fourth-order valence-electron chi connectivity index (χ4n) is 1.24. The Morgan fingerprint density at radius 3 is 2.92 bits per heavy atom. The van der Waals surface area contributed by atoms with Crippen molar-refractivity contribution < 1.29 is 9.53 Å². The van der Waals surface area contributed by atoms with Crippen LogP contribution in [0.15, 0.2) is 12.0 Å². The largest absolute Gasteiger partial charge is 0.471 e. The van der Waals surface area contributed by atoms with Gasteiger partial charge in [0.2, 0.25) is 0 Å². The van der Waals surface area contributed by atoms with Gasteiger partial charge in [0, 0.05) is 12.6 Å². The molecule has 0 aromatic rings. The average Bonchev–Trinajstić information content (AvgIpc) is 2.51. The lowest BCUT2D eigenvalue weighted by Crippen LogP contribution is -2.14. The molecule has 1 N–H and O–H groups in total. The summed E-state index contributed by atoms with van der Waals surface area (Å²) < 4.78 is 5.07. The van der Waals surface area contributed by atoms with Gasteiger partial charge in [-0.1, -0.05) is 26.2 Å². The summed E-state index contributed by atoms with van der Waals surface area (Å²) >= 11 is 0. The highest BCUT2D eigenvalue weighted by atomic mass is 16.5. The van der Waals surface area contributed by atoms with Gasteiger partial charge < -0.3 is 10.1 Å². The van der Waals surface area contributed by atoms with E-state index in [1.165, 1.54) is 25.3 Å². The SMILES string of the molecule is CCCCCCNC1=CC(=O)CO1. The Kier molecular flexibility index (Phi) is 4.36. The second-order valence-electron chi connectivity index (χ2n) is 3.25. The van der Waals surface area contributed by atoms with Crippen molar-refractivity contribution in [2.75, 3.05) is 13.2 Å². The van der Waals surface area contributed by atoms with Crippen LogP contribution in [0.5, 0.6) is 0 Å². The molecular weight excluding hydrogens is 166 g/mol. The van der Waals surface area contributed by atoms with Crippen LogP contribution in [0, 0.1) is 0 Å². The van der Waals surface area contributed by atoms with Crippen LogP contribution in [0.3, 0.4) is 0 Å². The second-order valence-corrected chi connectivity index (χ2v) is 3.25. The van der Waals surface area contributed by atoms with Gasteiger partial charge in [0.25, 0.3) is 0 Å². The Bertz CT molecular complexity index is 199. The van der Waals surface area contributed by atoms with Crippen LogP contribution in [0.25, 0.3) is 0 Å². The van der Waals surface area contributed by atoms with Crippen molar-refractivity contribution in [1.82, 2.24) is 5.32 Å². The van der Waals surface area contributed by atoms with Gasteiger partial charge in [-0.25, -0.2) is 0 Å².